The highest BCUT2D eigenvalue weighted by Crippen LogP contribution is 2.31. The molecule has 0 bridgehead atoms. The molecule has 1 fully saturated rings. The summed E-state index contributed by atoms with van der Waals surface area (Å²) in [4.78, 5) is 13.7. The van der Waals surface area contributed by atoms with Gasteiger partial charge in [0.25, 0.3) is 0 Å². The summed E-state index contributed by atoms with van der Waals surface area (Å²) in [5.41, 5.74) is 6.32. The zero-order valence-electron chi connectivity index (χ0n) is 13.5. The van der Waals surface area contributed by atoms with Crippen molar-refractivity contribution in [3.05, 3.63) is 36.0 Å². The quantitative estimate of drug-likeness (QED) is 0.872. The number of amides is 2. The predicted octanol–water partition coefficient (Wildman–Crippen LogP) is 2.67. The molecule has 9 heteroatoms. The number of nitrogens with one attached hydrogen (secondary N) is 1. The summed E-state index contributed by atoms with van der Waals surface area (Å²) in [5, 5.41) is 6.25. The van der Waals surface area contributed by atoms with Crippen molar-refractivity contribution in [3.63, 3.8) is 0 Å². The Kier molecular flexibility index (Phi) is 4.42. The molecule has 1 atom stereocenters. The van der Waals surface area contributed by atoms with E-state index in [1.807, 2.05) is 0 Å². The fourth-order valence-electron chi connectivity index (χ4n) is 2.77. The summed E-state index contributed by atoms with van der Waals surface area (Å²) < 4.78 is 39.4. The number of nitrogens with two attached hydrogens (primary N) is 1. The standard InChI is InChI=1S/C16H18F3N5O/c1-23-13(8-14(22-23)16(17,18)19)10-2-4-12(5-3-10)21-15(25)24-7-6-11(20)9-24/h2-5,8,11H,6-7,9,20H2,1H3,(H,21,25). The molecule has 1 aliphatic heterocycles. The number of aryl methyl sites for hydroxylation is 1. The van der Waals surface area contributed by atoms with E-state index in [9.17, 15) is 18.0 Å². The van der Waals surface area contributed by atoms with Gasteiger partial charge in [0.05, 0.1) is 5.69 Å². The van der Waals surface area contributed by atoms with Crippen LogP contribution in [0.2, 0.25) is 0 Å². The van der Waals surface area contributed by atoms with Crippen LogP contribution in [0.5, 0.6) is 0 Å². The van der Waals surface area contributed by atoms with Crippen LogP contribution in [-0.4, -0.2) is 39.8 Å². The fraction of sp³-hybridized carbons (Fsp3) is 0.375. The first-order valence-electron chi connectivity index (χ1n) is 7.77. The maximum Gasteiger partial charge on any atom is 0.435 e. The molecule has 0 radical (unpaired) electrons. The molecular formula is C16H18F3N5O. The second-order valence-electron chi connectivity index (χ2n) is 6.04. The highest BCUT2D eigenvalue weighted by Gasteiger charge is 2.34. The number of carbonyl (C=O) groups is 1. The number of carbonyl (C=O) groups excluding carboxylic acids is 1. The minimum absolute atomic E-state index is 0.000737. The van der Waals surface area contributed by atoms with Crippen LogP contribution in [0.25, 0.3) is 11.3 Å². The summed E-state index contributed by atoms with van der Waals surface area (Å²) in [5.74, 6) is 0. The Labute approximate surface area is 142 Å². The summed E-state index contributed by atoms with van der Waals surface area (Å²) in [6, 6.07) is 7.33. The maximum atomic E-state index is 12.7. The van der Waals surface area contributed by atoms with E-state index < -0.39 is 11.9 Å². The number of halogens is 3. The van der Waals surface area contributed by atoms with Crippen LogP contribution in [0.4, 0.5) is 23.7 Å². The van der Waals surface area contributed by atoms with Crippen LogP contribution in [0, 0.1) is 0 Å². The van der Waals surface area contributed by atoms with Gasteiger partial charge in [-0.1, -0.05) is 12.1 Å². The fourth-order valence-corrected chi connectivity index (χ4v) is 2.77. The maximum absolute atomic E-state index is 12.7. The number of aromatic nitrogens is 2. The van der Waals surface area contributed by atoms with Crippen LogP contribution >= 0.6 is 0 Å². The lowest BCUT2D eigenvalue weighted by Crippen LogP contribution is -2.35. The van der Waals surface area contributed by atoms with Gasteiger partial charge in [0.15, 0.2) is 5.69 Å². The molecule has 1 unspecified atom stereocenters. The van der Waals surface area contributed by atoms with Crippen LogP contribution in [0.15, 0.2) is 30.3 Å². The van der Waals surface area contributed by atoms with Crippen molar-refractivity contribution in [2.75, 3.05) is 18.4 Å². The smallest absolute Gasteiger partial charge is 0.326 e. The van der Waals surface area contributed by atoms with E-state index in [0.29, 0.717) is 30.0 Å². The highest BCUT2D eigenvalue weighted by molar-refractivity contribution is 5.89. The SMILES string of the molecule is Cn1nc(C(F)(F)F)cc1-c1ccc(NC(=O)N2CCC(N)C2)cc1. The highest BCUT2D eigenvalue weighted by atomic mass is 19.4. The third kappa shape index (κ3) is 3.76. The summed E-state index contributed by atoms with van der Waals surface area (Å²) >= 11 is 0. The molecule has 0 aliphatic carbocycles. The number of anilines is 1. The third-order valence-corrected chi connectivity index (χ3v) is 4.11. The Morgan fingerprint density at radius 3 is 2.52 bits per heavy atom. The predicted molar refractivity (Wildman–Crippen MR) is 86.8 cm³/mol. The lowest BCUT2D eigenvalue weighted by Gasteiger charge is -2.16. The second-order valence-corrected chi connectivity index (χ2v) is 6.04. The Morgan fingerprint density at radius 1 is 1.32 bits per heavy atom. The number of likely N-dealkylation sites (tertiary alicyclic amines) is 1. The molecule has 1 aliphatic rings. The molecule has 3 rings (SSSR count). The van der Waals surface area contributed by atoms with E-state index in [-0.39, 0.29) is 12.1 Å². The molecular weight excluding hydrogens is 335 g/mol. The molecule has 1 aromatic carbocycles. The number of rotatable bonds is 2. The summed E-state index contributed by atoms with van der Waals surface area (Å²) in [6.07, 6.45) is -3.71. The van der Waals surface area contributed by atoms with Gasteiger partial charge in [0.2, 0.25) is 0 Å². The summed E-state index contributed by atoms with van der Waals surface area (Å²) in [7, 11) is 1.46. The number of benzene rings is 1. The largest absolute Gasteiger partial charge is 0.435 e. The van der Waals surface area contributed by atoms with Crippen molar-refractivity contribution in [3.8, 4) is 11.3 Å². The molecule has 1 aromatic heterocycles. The monoisotopic (exact) mass is 353 g/mol. The van der Waals surface area contributed by atoms with Crippen molar-refractivity contribution in [1.29, 1.82) is 0 Å². The molecule has 134 valence electrons. The number of urea groups is 1. The molecule has 1 saturated heterocycles. The number of nitrogens with zero attached hydrogens (tertiary/aromatic N) is 3. The summed E-state index contributed by atoms with van der Waals surface area (Å²) in [6.45, 7) is 1.12. The van der Waals surface area contributed by atoms with Crippen molar-refractivity contribution in [1.82, 2.24) is 14.7 Å². The molecule has 25 heavy (non-hydrogen) atoms. The van der Waals surface area contributed by atoms with Gasteiger partial charge in [-0.05, 0) is 30.2 Å². The van der Waals surface area contributed by atoms with Gasteiger partial charge >= 0.3 is 12.2 Å². The van der Waals surface area contributed by atoms with Crippen LogP contribution < -0.4 is 11.1 Å². The van der Waals surface area contributed by atoms with Crippen molar-refractivity contribution in [2.45, 2.75) is 18.6 Å². The molecule has 2 amide bonds. The van der Waals surface area contributed by atoms with E-state index >= 15 is 0 Å². The molecule has 2 aromatic rings. The molecule has 6 nitrogen and oxygen atoms in total. The lowest BCUT2D eigenvalue weighted by molar-refractivity contribution is -0.141. The molecule has 3 N–H and O–H groups in total. The van der Waals surface area contributed by atoms with Gasteiger partial charge in [-0.15, -0.1) is 0 Å². The van der Waals surface area contributed by atoms with E-state index in [0.717, 1.165) is 12.5 Å². The van der Waals surface area contributed by atoms with Crippen molar-refractivity contribution >= 4 is 11.7 Å². The Morgan fingerprint density at radius 2 is 2.00 bits per heavy atom. The van der Waals surface area contributed by atoms with Gasteiger partial charge in [0, 0.05) is 31.9 Å². The number of hydrogen-bond acceptors (Lipinski definition) is 3. The van der Waals surface area contributed by atoms with Crippen LogP contribution in [0.1, 0.15) is 12.1 Å². The molecule has 0 spiro atoms. The van der Waals surface area contributed by atoms with Crippen LogP contribution in [-0.2, 0) is 13.2 Å². The van der Waals surface area contributed by atoms with Crippen molar-refractivity contribution < 1.29 is 18.0 Å². The van der Waals surface area contributed by atoms with E-state index in [2.05, 4.69) is 10.4 Å². The normalized spacial score (nSPS) is 17.8. The van der Waals surface area contributed by atoms with Gasteiger partial charge < -0.3 is 16.0 Å². The Bertz CT molecular complexity index is 769. The Hall–Kier alpha value is -2.55. The average Bonchev–Trinajstić information content (AvgIpc) is 3.14. The lowest BCUT2D eigenvalue weighted by atomic mass is 10.1. The van der Waals surface area contributed by atoms with Gasteiger partial charge in [-0.3, -0.25) is 4.68 Å². The van der Waals surface area contributed by atoms with Gasteiger partial charge in [-0.2, -0.15) is 18.3 Å². The third-order valence-electron chi connectivity index (χ3n) is 4.11. The Balaban J connectivity index is 1.72. The zero-order chi connectivity index (χ0) is 18.2. The first-order valence-corrected chi connectivity index (χ1v) is 7.77. The second kappa shape index (κ2) is 6.40. The minimum atomic E-state index is -4.49. The van der Waals surface area contributed by atoms with E-state index in [1.165, 1.54) is 11.7 Å². The first kappa shape index (κ1) is 17.3. The number of hydrogen-bond donors (Lipinski definition) is 2. The first-order chi connectivity index (χ1) is 11.7. The zero-order valence-corrected chi connectivity index (χ0v) is 13.5. The van der Waals surface area contributed by atoms with Crippen LogP contribution in [0.3, 0.4) is 0 Å². The average molecular weight is 353 g/mol. The topological polar surface area (TPSA) is 76.2 Å². The molecule has 0 saturated carbocycles. The van der Waals surface area contributed by atoms with E-state index in [1.54, 1.807) is 29.2 Å². The van der Waals surface area contributed by atoms with Crippen molar-refractivity contribution in [2.24, 2.45) is 12.8 Å². The van der Waals surface area contributed by atoms with Gasteiger partial charge in [-0.25, -0.2) is 4.79 Å². The van der Waals surface area contributed by atoms with E-state index in [4.69, 9.17) is 5.73 Å². The number of alkyl halides is 3. The van der Waals surface area contributed by atoms with Gasteiger partial charge in [0.1, 0.15) is 0 Å². The minimum Gasteiger partial charge on any atom is -0.326 e. The molecule has 2 heterocycles.